The van der Waals surface area contributed by atoms with E-state index in [1.54, 1.807) is 13.1 Å². The van der Waals surface area contributed by atoms with Gasteiger partial charge in [0, 0.05) is 70.8 Å². The van der Waals surface area contributed by atoms with Crippen molar-refractivity contribution in [2.75, 3.05) is 50.8 Å². The number of likely N-dealkylation sites (tertiary alicyclic amines) is 1. The molecule has 2 aliphatic rings. The van der Waals surface area contributed by atoms with E-state index in [1.165, 1.54) is 24.0 Å². The van der Waals surface area contributed by atoms with Crippen molar-refractivity contribution < 1.29 is 14.3 Å². The molecule has 2 amide bonds. The Morgan fingerprint density at radius 2 is 1.45 bits per heavy atom. The highest BCUT2D eigenvalue weighted by Crippen LogP contribution is 2.30. The third kappa shape index (κ3) is 8.84. The minimum Gasteiger partial charge on any atom is -0.484 e. The van der Waals surface area contributed by atoms with Crippen LogP contribution in [0.25, 0.3) is 11.1 Å². The summed E-state index contributed by atoms with van der Waals surface area (Å²) in [7, 11) is 0. The van der Waals surface area contributed by atoms with Crippen LogP contribution in [0.5, 0.6) is 5.75 Å². The predicted octanol–water partition coefficient (Wildman–Crippen LogP) is 6.01. The van der Waals surface area contributed by atoms with Gasteiger partial charge in [0.25, 0.3) is 5.91 Å². The van der Waals surface area contributed by atoms with Gasteiger partial charge in [0.2, 0.25) is 5.91 Å². The number of fused-ring (bicyclic) bond motifs is 1. The lowest BCUT2D eigenvalue weighted by atomic mass is 10.0. The summed E-state index contributed by atoms with van der Waals surface area (Å²) in [5, 5.41) is 0. The highest BCUT2D eigenvalue weighted by atomic mass is 16.5. The van der Waals surface area contributed by atoms with Gasteiger partial charge in [0.1, 0.15) is 5.75 Å². The molecule has 2 aliphatic heterocycles. The van der Waals surface area contributed by atoms with Gasteiger partial charge >= 0.3 is 0 Å². The van der Waals surface area contributed by atoms with Gasteiger partial charge in [0.05, 0.1) is 0 Å². The third-order valence-electron chi connectivity index (χ3n) is 9.14. The Hall–Kier alpha value is -4.53. The van der Waals surface area contributed by atoms with Crippen molar-refractivity contribution in [2.45, 2.75) is 45.8 Å². The largest absolute Gasteiger partial charge is 0.484 e. The van der Waals surface area contributed by atoms with Gasteiger partial charge in [-0.25, -0.2) is 0 Å². The molecule has 3 aromatic carbocycles. The maximum absolute atomic E-state index is 13.9. The molecule has 0 unspecified atom stereocenters. The van der Waals surface area contributed by atoms with E-state index < -0.39 is 0 Å². The van der Waals surface area contributed by atoms with Gasteiger partial charge in [-0.2, -0.15) is 0 Å². The molecule has 8 heteroatoms. The van der Waals surface area contributed by atoms with Crippen molar-refractivity contribution in [1.82, 2.24) is 19.7 Å². The van der Waals surface area contributed by atoms with E-state index in [9.17, 15) is 9.59 Å². The minimum atomic E-state index is -0.0860. The number of anilines is 1. The van der Waals surface area contributed by atoms with Crippen molar-refractivity contribution in [1.29, 1.82) is 0 Å². The van der Waals surface area contributed by atoms with Crippen molar-refractivity contribution in [3.8, 4) is 16.9 Å². The fraction of sp³-hybridized carbons (Fsp3) is 0.359. The van der Waals surface area contributed by atoms with Crippen LogP contribution in [0.3, 0.4) is 0 Å². The minimum absolute atomic E-state index is 0.0105. The second-order valence-electron chi connectivity index (χ2n) is 12.6. The van der Waals surface area contributed by atoms with Gasteiger partial charge in [0.15, 0.2) is 6.61 Å². The standard InChI is InChI=1S/C39H45N5O3/c1-31(45)44-22-8-21-42(27-32-9-3-2-4-10-32)23-24-43(29-36-25-34(14-17-38(36)44)35-11-7-18-40-26-35)39(46)30-47-37-15-12-33(13-16-37)28-41-19-5-6-20-41/h2-4,7,9-18,25-26H,5-6,8,19-24,27-30H2,1H3. The quantitative estimate of drug-likeness (QED) is 0.237. The van der Waals surface area contributed by atoms with E-state index in [2.05, 4.69) is 57.2 Å². The molecular weight excluding hydrogens is 586 g/mol. The van der Waals surface area contributed by atoms with E-state index in [4.69, 9.17) is 4.74 Å². The molecular formula is C39H45N5O3. The number of aromatic nitrogens is 1. The Kier molecular flexibility index (Phi) is 10.9. The molecule has 1 saturated heterocycles. The molecule has 8 nitrogen and oxygen atoms in total. The van der Waals surface area contributed by atoms with Crippen LogP contribution in [-0.4, -0.2) is 77.4 Å². The summed E-state index contributed by atoms with van der Waals surface area (Å²) in [6.45, 7) is 8.63. The Labute approximate surface area is 278 Å². The third-order valence-corrected chi connectivity index (χ3v) is 9.14. The normalized spacial score (nSPS) is 16.4. The first-order chi connectivity index (χ1) is 23.0. The highest BCUT2D eigenvalue weighted by molar-refractivity contribution is 5.93. The number of ether oxygens (including phenoxy) is 1. The zero-order valence-corrected chi connectivity index (χ0v) is 27.4. The summed E-state index contributed by atoms with van der Waals surface area (Å²) in [5.41, 5.74) is 6.24. The first kappa shape index (κ1) is 32.4. The molecule has 0 saturated carbocycles. The zero-order valence-electron chi connectivity index (χ0n) is 27.4. The van der Waals surface area contributed by atoms with Crippen LogP contribution in [0.15, 0.2) is 97.3 Å². The molecule has 0 aliphatic carbocycles. The second kappa shape index (κ2) is 15.8. The molecule has 47 heavy (non-hydrogen) atoms. The number of benzene rings is 3. The van der Waals surface area contributed by atoms with Crippen molar-refractivity contribution in [2.24, 2.45) is 0 Å². The summed E-state index contributed by atoms with van der Waals surface area (Å²) in [5.74, 6) is 0.592. The lowest BCUT2D eigenvalue weighted by molar-refractivity contribution is -0.134. The van der Waals surface area contributed by atoms with E-state index in [0.717, 1.165) is 61.5 Å². The van der Waals surface area contributed by atoms with Gasteiger partial charge in [-0.3, -0.25) is 24.4 Å². The van der Waals surface area contributed by atoms with Gasteiger partial charge in [-0.1, -0.05) is 54.6 Å². The van der Waals surface area contributed by atoms with Crippen LogP contribution < -0.4 is 9.64 Å². The summed E-state index contributed by atoms with van der Waals surface area (Å²) in [4.78, 5) is 39.9. The van der Waals surface area contributed by atoms with Crippen LogP contribution in [0.4, 0.5) is 5.69 Å². The first-order valence-corrected chi connectivity index (χ1v) is 16.8. The van der Waals surface area contributed by atoms with E-state index >= 15 is 0 Å². The maximum atomic E-state index is 13.9. The molecule has 0 N–H and O–H groups in total. The van der Waals surface area contributed by atoms with Gasteiger partial charge < -0.3 is 14.5 Å². The molecule has 1 fully saturated rings. The molecule has 0 radical (unpaired) electrons. The fourth-order valence-electron chi connectivity index (χ4n) is 6.59. The number of carbonyl (C=O) groups is 2. The SMILES string of the molecule is CC(=O)N1CCCN(Cc2ccccc2)CCN(C(=O)COc2ccc(CN3CCCC3)cc2)Cc2cc(-c3cccnc3)ccc21. The zero-order chi connectivity index (χ0) is 32.4. The first-order valence-electron chi connectivity index (χ1n) is 16.8. The second-order valence-corrected chi connectivity index (χ2v) is 12.6. The molecule has 0 bridgehead atoms. The Balaban J connectivity index is 1.24. The Morgan fingerprint density at radius 3 is 2.17 bits per heavy atom. The summed E-state index contributed by atoms with van der Waals surface area (Å²) >= 11 is 0. The Morgan fingerprint density at radius 1 is 0.723 bits per heavy atom. The van der Waals surface area contributed by atoms with E-state index in [1.807, 2.05) is 58.5 Å². The smallest absolute Gasteiger partial charge is 0.260 e. The number of hydrogen-bond acceptors (Lipinski definition) is 6. The summed E-state index contributed by atoms with van der Waals surface area (Å²) in [6, 6.07) is 28.6. The number of hydrogen-bond donors (Lipinski definition) is 0. The predicted molar refractivity (Wildman–Crippen MR) is 186 cm³/mol. The summed E-state index contributed by atoms with van der Waals surface area (Å²) < 4.78 is 6.07. The van der Waals surface area contributed by atoms with Crippen LogP contribution in [0.1, 0.15) is 42.9 Å². The molecule has 1 aromatic heterocycles. The summed E-state index contributed by atoms with van der Waals surface area (Å²) in [6.07, 6.45) is 6.96. The van der Waals surface area contributed by atoms with Crippen molar-refractivity contribution in [3.05, 3.63) is 114 Å². The molecule has 0 atom stereocenters. The highest BCUT2D eigenvalue weighted by Gasteiger charge is 2.24. The van der Waals surface area contributed by atoms with Crippen molar-refractivity contribution >= 4 is 17.5 Å². The van der Waals surface area contributed by atoms with Gasteiger partial charge in [-0.15, -0.1) is 0 Å². The Bertz CT molecular complexity index is 1610. The average Bonchev–Trinajstić information content (AvgIpc) is 3.60. The van der Waals surface area contributed by atoms with Crippen molar-refractivity contribution in [3.63, 3.8) is 0 Å². The van der Waals surface area contributed by atoms with Crippen LogP contribution in [-0.2, 0) is 29.2 Å². The van der Waals surface area contributed by atoms with Crippen LogP contribution in [0, 0.1) is 0 Å². The number of rotatable bonds is 8. The average molecular weight is 632 g/mol. The number of nitrogens with zero attached hydrogens (tertiary/aromatic N) is 5. The molecule has 244 valence electrons. The van der Waals surface area contributed by atoms with E-state index in [0.29, 0.717) is 31.9 Å². The monoisotopic (exact) mass is 631 g/mol. The maximum Gasteiger partial charge on any atom is 0.260 e. The van der Waals surface area contributed by atoms with E-state index in [-0.39, 0.29) is 18.4 Å². The molecule has 0 spiro atoms. The van der Waals surface area contributed by atoms with Crippen LogP contribution in [0.2, 0.25) is 0 Å². The lowest BCUT2D eigenvalue weighted by Gasteiger charge is -2.28. The number of pyridine rings is 1. The van der Waals surface area contributed by atoms with Crippen LogP contribution >= 0.6 is 0 Å². The fourth-order valence-corrected chi connectivity index (χ4v) is 6.59. The molecule has 4 aromatic rings. The number of carbonyl (C=O) groups excluding carboxylic acids is 2. The topological polar surface area (TPSA) is 69.2 Å². The molecule has 3 heterocycles. The van der Waals surface area contributed by atoms with Gasteiger partial charge in [-0.05, 0) is 90.5 Å². The number of amides is 2. The molecule has 6 rings (SSSR count). The lowest BCUT2D eigenvalue weighted by Crippen LogP contribution is -2.40.